The van der Waals surface area contributed by atoms with Crippen LogP contribution >= 0.6 is 23.2 Å². The van der Waals surface area contributed by atoms with Gasteiger partial charge in [0.05, 0.1) is 15.6 Å². The lowest BCUT2D eigenvalue weighted by Crippen LogP contribution is -2.35. The largest absolute Gasteiger partial charge is 0.341 e. The molecule has 0 aliphatic rings. The Morgan fingerprint density at radius 2 is 1.81 bits per heavy atom. The summed E-state index contributed by atoms with van der Waals surface area (Å²) in [6, 6.07) is 2.48. The van der Waals surface area contributed by atoms with Crippen LogP contribution in [0.1, 0.15) is 31.1 Å². The summed E-state index contributed by atoms with van der Waals surface area (Å²) in [6.45, 7) is 6.38. The average Bonchev–Trinajstić information content (AvgIpc) is 2.24. The van der Waals surface area contributed by atoms with Gasteiger partial charge < -0.3 is 4.90 Å². The van der Waals surface area contributed by atoms with Crippen molar-refractivity contribution in [3.63, 3.8) is 0 Å². The van der Waals surface area contributed by atoms with Crippen molar-refractivity contribution in [3.05, 3.63) is 27.7 Å². The monoisotopic (exact) mass is 352 g/mol. The van der Waals surface area contributed by atoms with Crippen LogP contribution in [0.2, 0.25) is 10.0 Å². The molecule has 1 rings (SSSR count). The molecule has 118 valence electrons. The fourth-order valence-electron chi connectivity index (χ4n) is 1.92. The van der Waals surface area contributed by atoms with Gasteiger partial charge in [-0.2, -0.15) is 0 Å². The van der Waals surface area contributed by atoms with Crippen LogP contribution in [0, 0.1) is 5.41 Å². The van der Waals surface area contributed by atoms with Crippen molar-refractivity contribution >= 4 is 39.1 Å². The number of carbonyl (C=O) groups is 1. The summed E-state index contributed by atoms with van der Waals surface area (Å²) in [7, 11) is -2.43. The molecule has 21 heavy (non-hydrogen) atoms. The van der Waals surface area contributed by atoms with Crippen LogP contribution in [0.4, 0.5) is 0 Å². The molecule has 0 fully saturated rings. The number of carbonyl (C=O) groups excluding carboxylic acids is 1. The molecule has 1 aromatic carbocycles. The Labute approximate surface area is 135 Å². The van der Waals surface area contributed by atoms with Gasteiger partial charge in [0.1, 0.15) is 4.90 Å². The van der Waals surface area contributed by atoms with Crippen LogP contribution in [0.3, 0.4) is 0 Å². The maximum atomic E-state index is 12.5. The van der Waals surface area contributed by atoms with Crippen molar-refractivity contribution in [2.24, 2.45) is 10.6 Å². The summed E-state index contributed by atoms with van der Waals surface area (Å²) < 4.78 is 22.9. The van der Waals surface area contributed by atoms with Gasteiger partial charge in [0.25, 0.3) is 5.91 Å². The molecule has 2 N–H and O–H groups in total. The molecule has 0 saturated heterocycles. The van der Waals surface area contributed by atoms with Crippen molar-refractivity contribution < 1.29 is 13.2 Å². The summed E-state index contributed by atoms with van der Waals surface area (Å²) in [5.41, 5.74) is -0.183. The Morgan fingerprint density at radius 1 is 1.29 bits per heavy atom. The number of hydrogen-bond donors (Lipinski definition) is 1. The molecular weight excluding hydrogens is 335 g/mol. The van der Waals surface area contributed by atoms with E-state index in [0.717, 1.165) is 0 Å². The van der Waals surface area contributed by atoms with E-state index in [2.05, 4.69) is 0 Å². The smallest absolute Gasteiger partial charge is 0.256 e. The molecule has 0 spiro atoms. The molecule has 0 aromatic heterocycles. The second kappa shape index (κ2) is 6.12. The van der Waals surface area contributed by atoms with Crippen LogP contribution in [-0.4, -0.2) is 32.8 Å². The minimum Gasteiger partial charge on any atom is -0.341 e. The summed E-state index contributed by atoms with van der Waals surface area (Å²) >= 11 is 12.0. The molecule has 0 radical (unpaired) electrons. The van der Waals surface area contributed by atoms with E-state index in [0.29, 0.717) is 6.54 Å². The van der Waals surface area contributed by atoms with Gasteiger partial charge in [-0.1, -0.05) is 44.0 Å². The van der Waals surface area contributed by atoms with Crippen molar-refractivity contribution in [2.75, 3.05) is 13.6 Å². The maximum Gasteiger partial charge on any atom is 0.256 e. The fraction of sp³-hybridized carbons (Fsp3) is 0.462. The lowest BCUT2D eigenvalue weighted by atomic mass is 9.96. The quantitative estimate of drug-likeness (QED) is 0.907. The normalized spacial score (nSPS) is 12.3. The minimum absolute atomic E-state index is 0.0587. The molecule has 1 aromatic rings. The number of sulfonamides is 1. The third-order valence-corrected chi connectivity index (χ3v) is 4.41. The van der Waals surface area contributed by atoms with E-state index in [9.17, 15) is 13.2 Å². The number of primary sulfonamides is 1. The summed E-state index contributed by atoms with van der Waals surface area (Å²) in [4.78, 5) is 13.6. The Balaban J connectivity index is 3.34. The zero-order valence-electron chi connectivity index (χ0n) is 12.3. The highest BCUT2D eigenvalue weighted by Crippen LogP contribution is 2.31. The molecule has 0 aliphatic heterocycles. The van der Waals surface area contributed by atoms with E-state index >= 15 is 0 Å². The van der Waals surface area contributed by atoms with Crippen molar-refractivity contribution in [1.29, 1.82) is 0 Å². The summed E-state index contributed by atoms with van der Waals surface area (Å²) in [5.74, 6) is -0.453. The third kappa shape index (κ3) is 4.57. The molecular formula is C13H18Cl2N2O3S. The van der Waals surface area contributed by atoms with Gasteiger partial charge in [0.2, 0.25) is 10.0 Å². The maximum absolute atomic E-state index is 12.5. The van der Waals surface area contributed by atoms with Gasteiger partial charge in [-0.3, -0.25) is 4.79 Å². The van der Waals surface area contributed by atoms with Gasteiger partial charge in [-0.25, -0.2) is 13.6 Å². The number of rotatable bonds is 3. The predicted octanol–water partition coefficient (Wildman–Crippen LogP) is 2.76. The van der Waals surface area contributed by atoms with Crippen LogP contribution in [0.25, 0.3) is 0 Å². The minimum atomic E-state index is -4.03. The molecule has 0 aliphatic carbocycles. The van der Waals surface area contributed by atoms with Gasteiger partial charge in [0, 0.05) is 13.6 Å². The summed E-state index contributed by atoms with van der Waals surface area (Å²) in [6.07, 6.45) is 0. The van der Waals surface area contributed by atoms with Gasteiger partial charge in [-0.15, -0.1) is 0 Å². The molecule has 0 atom stereocenters. The highest BCUT2D eigenvalue weighted by molar-refractivity contribution is 7.89. The van der Waals surface area contributed by atoms with Crippen molar-refractivity contribution in [1.82, 2.24) is 4.90 Å². The molecule has 5 nitrogen and oxygen atoms in total. The molecule has 1 amide bonds. The highest BCUT2D eigenvalue weighted by atomic mass is 35.5. The first-order valence-corrected chi connectivity index (χ1v) is 8.41. The second-order valence-corrected chi connectivity index (χ2v) is 8.32. The van der Waals surface area contributed by atoms with Gasteiger partial charge in [0.15, 0.2) is 0 Å². The Hall–Kier alpha value is -0.820. The molecule has 0 saturated carbocycles. The molecule has 0 bridgehead atoms. The number of nitrogens with zero attached hydrogens (tertiary/aromatic N) is 1. The van der Waals surface area contributed by atoms with E-state index in [-0.39, 0.29) is 25.9 Å². The first-order valence-electron chi connectivity index (χ1n) is 6.11. The van der Waals surface area contributed by atoms with Gasteiger partial charge >= 0.3 is 0 Å². The topological polar surface area (TPSA) is 80.5 Å². The average molecular weight is 353 g/mol. The number of benzene rings is 1. The zero-order chi connectivity index (χ0) is 16.6. The van der Waals surface area contributed by atoms with Crippen LogP contribution in [0.5, 0.6) is 0 Å². The predicted molar refractivity (Wildman–Crippen MR) is 84.3 cm³/mol. The lowest BCUT2D eigenvalue weighted by Gasteiger charge is -2.27. The lowest BCUT2D eigenvalue weighted by molar-refractivity contribution is 0.0746. The number of hydrogen-bond acceptors (Lipinski definition) is 3. The van der Waals surface area contributed by atoms with Crippen LogP contribution in [0.15, 0.2) is 17.0 Å². The Morgan fingerprint density at radius 3 is 2.24 bits per heavy atom. The molecule has 0 heterocycles. The first-order chi connectivity index (χ1) is 9.34. The number of halogens is 2. The molecule has 0 unspecified atom stereocenters. The Bertz CT molecular complexity index is 667. The zero-order valence-corrected chi connectivity index (χ0v) is 14.6. The second-order valence-electron chi connectivity index (χ2n) is 6.00. The fourth-order valence-corrected chi connectivity index (χ4v) is 3.39. The SMILES string of the molecule is CN(CC(C)(C)C)C(=O)c1c(Cl)ccc(S(N)(=O)=O)c1Cl. The van der Waals surface area contributed by atoms with E-state index in [1.54, 1.807) is 7.05 Å². The molecule has 8 heteroatoms. The summed E-state index contributed by atoms with van der Waals surface area (Å²) in [5, 5.41) is 4.90. The third-order valence-electron chi connectivity index (χ3n) is 2.63. The van der Waals surface area contributed by atoms with E-state index in [1.807, 2.05) is 20.8 Å². The number of nitrogens with two attached hydrogens (primary N) is 1. The highest BCUT2D eigenvalue weighted by Gasteiger charge is 2.26. The van der Waals surface area contributed by atoms with E-state index in [4.69, 9.17) is 28.3 Å². The standard InChI is InChI=1S/C13H18Cl2N2O3S/c1-13(2,3)7-17(4)12(18)10-8(14)5-6-9(11(10)15)21(16,19)20/h5-6H,7H2,1-4H3,(H2,16,19,20). The number of amides is 1. The van der Waals surface area contributed by atoms with E-state index < -0.39 is 15.9 Å². The first kappa shape index (κ1) is 18.2. The van der Waals surface area contributed by atoms with Crippen molar-refractivity contribution in [2.45, 2.75) is 25.7 Å². The van der Waals surface area contributed by atoms with Crippen LogP contribution in [-0.2, 0) is 10.0 Å². The van der Waals surface area contributed by atoms with Crippen LogP contribution < -0.4 is 5.14 Å². The van der Waals surface area contributed by atoms with Crippen molar-refractivity contribution in [3.8, 4) is 0 Å². The van der Waals surface area contributed by atoms with E-state index in [1.165, 1.54) is 17.0 Å². The van der Waals surface area contributed by atoms with Gasteiger partial charge in [-0.05, 0) is 17.5 Å². The Kier molecular flexibility index (Phi) is 5.31.